The second-order valence-electron chi connectivity index (χ2n) is 11.0. The average molecular weight is 644 g/mol. The van der Waals surface area contributed by atoms with Gasteiger partial charge >= 0.3 is 30.2 Å². The topological polar surface area (TPSA) is 202 Å². The number of carboxylic acid groups (broad SMARTS) is 1. The molecule has 0 aromatic carbocycles. The second kappa shape index (κ2) is 16.5. The van der Waals surface area contributed by atoms with E-state index < -0.39 is 24.1 Å². The fourth-order valence-corrected chi connectivity index (χ4v) is 5.18. The van der Waals surface area contributed by atoms with Crippen molar-refractivity contribution in [2.45, 2.75) is 62.8 Å². The summed E-state index contributed by atoms with van der Waals surface area (Å²) in [5.74, 6) is -2.38. The second-order valence-corrected chi connectivity index (χ2v) is 11.0. The van der Waals surface area contributed by atoms with E-state index in [0.29, 0.717) is 39.0 Å². The maximum absolute atomic E-state index is 12.8. The molecule has 1 aromatic rings. The fraction of sp³-hybridized carbons (Fsp3) is 0.630. The number of alkyl halides is 3. The summed E-state index contributed by atoms with van der Waals surface area (Å²) in [5.41, 5.74) is 5.03. The number of carbonyl (C=O) groups is 5. The first kappa shape index (κ1) is 35.0. The molecule has 4 rings (SSSR count). The van der Waals surface area contributed by atoms with Crippen LogP contribution in [0, 0.1) is 0 Å². The van der Waals surface area contributed by atoms with Crippen molar-refractivity contribution in [1.82, 2.24) is 36.1 Å². The monoisotopic (exact) mass is 643 g/mol. The first-order valence-corrected chi connectivity index (χ1v) is 14.7. The number of aromatic nitrogens is 1. The molecule has 0 atom stereocenters. The lowest BCUT2D eigenvalue weighted by Gasteiger charge is -2.37. The molecule has 7 N–H and O–H groups in total. The number of nitrogens with zero attached hydrogens (tertiary/aromatic N) is 4. The lowest BCUT2D eigenvalue weighted by molar-refractivity contribution is -0.192. The van der Waals surface area contributed by atoms with Crippen LogP contribution in [-0.2, 0) is 9.59 Å². The molecule has 3 fully saturated rings. The quantitative estimate of drug-likeness (QED) is 0.261. The molecule has 0 unspecified atom stereocenters. The highest BCUT2D eigenvalue weighted by Gasteiger charge is 2.38. The van der Waals surface area contributed by atoms with Gasteiger partial charge in [0.1, 0.15) is 5.82 Å². The van der Waals surface area contributed by atoms with E-state index in [9.17, 15) is 32.3 Å². The molecular formula is C27H40F3N9O6. The Bertz CT molecular complexity index is 1150. The van der Waals surface area contributed by atoms with Crippen molar-refractivity contribution in [1.29, 1.82) is 0 Å². The van der Waals surface area contributed by atoms with Crippen LogP contribution >= 0.6 is 0 Å². The Morgan fingerprint density at radius 3 is 1.64 bits per heavy atom. The van der Waals surface area contributed by atoms with Crippen molar-refractivity contribution in [2.24, 2.45) is 5.73 Å². The summed E-state index contributed by atoms with van der Waals surface area (Å²) in [5, 5.41) is 18.6. The molecule has 0 radical (unpaired) electrons. The lowest BCUT2D eigenvalue weighted by Crippen LogP contribution is -2.55. The summed E-state index contributed by atoms with van der Waals surface area (Å²) in [7, 11) is 0. The van der Waals surface area contributed by atoms with Crippen LogP contribution in [-0.4, -0.2) is 120 Å². The molecule has 3 aliphatic heterocycles. The van der Waals surface area contributed by atoms with Crippen molar-refractivity contribution in [3.05, 3.63) is 24.4 Å². The average Bonchev–Trinajstić information content (AvgIpc) is 3.01. The molecule has 4 heterocycles. The van der Waals surface area contributed by atoms with Crippen LogP contribution in [0.5, 0.6) is 0 Å². The van der Waals surface area contributed by atoms with E-state index in [4.69, 9.17) is 15.6 Å². The largest absolute Gasteiger partial charge is 0.490 e. The number of aliphatic carboxylic acids is 1. The highest BCUT2D eigenvalue weighted by Crippen LogP contribution is 2.19. The normalized spacial score (nSPS) is 18.2. The molecule has 0 saturated carbocycles. The van der Waals surface area contributed by atoms with Gasteiger partial charge in [0.25, 0.3) is 0 Å². The molecule has 18 heteroatoms. The van der Waals surface area contributed by atoms with Gasteiger partial charge in [-0.05, 0) is 50.7 Å². The van der Waals surface area contributed by atoms with Crippen LogP contribution in [0.3, 0.4) is 0 Å². The number of piperidine rings is 3. The van der Waals surface area contributed by atoms with Crippen molar-refractivity contribution in [3.63, 3.8) is 0 Å². The minimum Gasteiger partial charge on any atom is -0.475 e. The number of amides is 7. The Morgan fingerprint density at radius 1 is 0.800 bits per heavy atom. The first-order valence-electron chi connectivity index (χ1n) is 14.7. The number of pyridine rings is 1. The molecule has 3 saturated heterocycles. The van der Waals surface area contributed by atoms with Crippen molar-refractivity contribution >= 4 is 35.8 Å². The Hall–Kier alpha value is -4.51. The van der Waals surface area contributed by atoms with Gasteiger partial charge < -0.3 is 46.8 Å². The number of nitrogens with two attached hydrogens (primary N) is 1. The molecule has 3 aliphatic rings. The third kappa shape index (κ3) is 11.8. The molecular weight excluding hydrogens is 603 g/mol. The minimum atomic E-state index is -5.08. The smallest absolute Gasteiger partial charge is 0.475 e. The number of urea groups is 3. The maximum atomic E-state index is 12.8. The minimum absolute atomic E-state index is 0.0273. The number of anilines is 1. The van der Waals surface area contributed by atoms with Gasteiger partial charge in [-0.25, -0.2) is 24.2 Å². The highest BCUT2D eigenvalue weighted by molar-refractivity contribution is 5.83. The number of carboxylic acids is 1. The predicted molar refractivity (Wildman–Crippen MR) is 155 cm³/mol. The van der Waals surface area contributed by atoms with E-state index in [1.165, 1.54) is 0 Å². The van der Waals surface area contributed by atoms with Gasteiger partial charge in [-0.15, -0.1) is 0 Å². The summed E-state index contributed by atoms with van der Waals surface area (Å²) >= 11 is 0. The lowest BCUT2D eigenvalue weighted by atomic mass is 10.0. The van der Waals surface area contributed by atoms with Crippen molar-refractivity contribution in [3.8, 4) is 0 Å². The van der Waals surface area contributed by atoms with Gasteiger partial charge in [-0.3, -0.25) is 4.79 Å². The third-order valence-corrected chi connectivity index (χ3v) is 7.69. The van der Waals surface area contributed by atoms with Gasteiger partial charge in [-0.2, -0.15) is 13.2 Å². The number of likely N-dealkylation sites (tertiary alicyclic amines) is 2. The maximum Gasteiger partial charge on any atom is 0.490 e. The molecule has 0 aliphatic carbocycles. The summed E-state index contributed by atoms with van der Waals surface area (Å²) < 4.78 is 31.7. The van der Waals surface area contributed by atoms with E-state index in [-0.39, 0.29) is 36.7 Å². The molecule has 1 aromatic heterocycles. The zero-order chi connectivity index (χ0) is 33.0. The van der Waals surface area contributed by atoms with E-state index in [0.717, 1.165) is 44.6 Å². The van der Waals surface area contributed by atoms with E-state index in [2.05, 4.69) is 31.2 Å². The number of rotatable bonds is 6. The molecule has 7 amide bonds. The number of carbonyl (C=O) groups excluding carboxylic acids is 4. The van der Waals surface area contributed by atoms with Gasteiger partial charge in [0, 0.05) is 63.6 Å². The van der Waals surface area contributed by atoms with Crippen molar-refractivity contribution < 1.29 is 42.3 Å². The number of primary amides is 1. The van der Waals surface area contributed by atoms with Crippen LogP contribution in [0.4, 0.5) is 33.4 Å². The summed E-state index contributed by atoms with van der Waals surface area (Å²) in [4.78, 5) is 67.3. The fourth-order valence-electron chi connectivity index (χ4n) is 5.18. The van der Waals surface area contributed by atoms with Gasteiger partial charge in [0.05, 0.1) is 6.54 Å². The number of nitrogens with one attached hydrogen (secondary N) is 4. The zero-order valence-corrected chi connectivity index (χ0v) is 24.7. The molecule has 45 heavy (non-hydrogen) atoms. The highest BCUT2D eigenvalue weighted by atomic mass is 19.4. The molecule has 0 bridgehead atoms. The molecule has 15 nitrogen and oxygen atoms in total. The Labute approximate surface area is 258 Å². The van der Waals surface area contributed by atoms with Crippen LogP contribution in [0.2, 0.25) is 0 Å². The van der Waals surface area contributed by atoms with Crippen LogP contribution in [0.15, 0.2) is 24.4 Å². The van der Waals surface area contributed by atoms with Gasteiger partial charge in [0.2, 0.25) is 5.91 Å². The zero-order valence-electron chi connectivity index (χ0n) is 24.7. The predicted octanol–water partition coefficient (Wildman–Crippen LogP) is 0.816. The van der Waals surface area contributed by atoms with Crippen molar-refractivity contribution in [2.75, 3.05) is 50.7 Å². The number of hydrogen-bond donors (Lipinski definition) is 6. The van der Waals surface area contributed by atoms with Crippen LogP contribution in [0.1, 0.15) is 38.5 Å². The van der Waals surface area contributed by atoms with E-state index in [1.807, 2.05) is 23.1 Å². The standard InChI is InChI=1S/C25H39N9O4.C2HF3O2/c26-21(35)17-28-23(36)29-18-6-13-33(14-7-18)25(38)31-20-8-15-34(16-9-20)24(37)30-19-4-11-32(12-5-19)22-3-1-2-10-27-22;3-2(4,5)1(6)7/h1-3,10,18-20H,4-9,11-17H2,(H2,26,35)(H,30,37)(H,31,38)(H2,28,29,36);(H,6,7). The Kier molecular flexibility index (Phi) is 12.8. The SMILES string of the molecule is NC(=O)CNC(=O)NC1CCN(C(=O)NC2CCN(C(=O)NC3CCN(c4ccccn4)CC3)CC2)CC1.O=C(O)C(F)(F)F. The van der Waals surface area contributed by atoms with Gasteiger partial charge in [0.15, 0.2) is 0 Å². The number of hydrogen-bond acceptors (Lipinski definition) is 7. The number of halogens is 3. The molecule has 250 valence electrons. The Balaban J connectivity index is 0.000000707. The summed E-state index contributed by atoms with van der Waals surface area (Å²) in [6.07, 6.45) is 1.20. The van der Waals surface area contributed by atoms with E-state index in [1.54, 1.807) is 11.1 Å². The molecule has 0 spiro atoms. The van der Waals surface area contributed by atoms with Crippen LogP contribution in [0.25, 0.3) is 0 Å². The van der Waals surface area contributed by atoms with E-state index >= 15 is 0 Å². The third-order valence-electron chi connectivity index (χ3n) is 7.69. The summed E-state index contributed by atoms with van der Waals surface area (Å²) in [6.45, 7) is 3.81. The Morgan fingerprint density at radius 2 is 1.24 bits per heavy atom. The summed E-state index contributed by atoms with van der Waals surface area (Å²) in [6, 6.07) is 5.47. The first-order chi connectivity index (χ1) is 21.3. The van der Waals surface area contributed by atoms with Gasteiger partial charge in [-0.1, -0.05) is 6.07 Å². The van der Waals surface area contributed by atoms with Crippen LogP contribution < -0.4 is 31.9 Å².